The maximum Gasteiger partial charge on any atom is 0.334 e. The summed E-state index contributed by atoms with van der Waals surface area (Å²) >= 11 is 0. The Labute approximate surface area is 93.7 Å². The predicted octanol–water partition coefficient (Wildman–Crippen LogP) is 1.99. The third-order valence-corrected chi connectivity index (χ3v) is 5.80. The molecule has 4 bridgehead atoms. The first-order valence-electron chi connectivity index (χ1n) is 6.02. The zero-order valence-corrected chi connectivity index (χ0v) is 8.90. The fraction of sp³-hybridized carbons (Fsp3) is 0.500. The maximum absolute atomic E-state index is 11.8. The van der Waals surface area contributed by atoms with E-state index in [9.17, 15) is 4.79 Å². The van der Waals surface area contributed by atoms with Crippen LogP contribution in [0.2, 0.25) is 0 Å². The first-order valence-corrected chi connectivity index (χ1v) is 6.02. The van der Waals surface area contributed by atoms with Gasteiger partial charge in [0, 0.05) is 16.4 Å². The first-order chi connectivity index (χ1) is 7.76. The molecule has 0 aromatic rings. The van der Waals surface area contributed by atoms with Crippen LogP contribution in [0, 0.1) is 22.2 Å². The van der Waals surface area contributed by atoms with Crippen LogP contribution in [0.1, 0.15) is 12.8 Å². The number of esters is 1. The summed E-state index contributed by atoms with van der Waals surface area (Å²) in [4.78, 5) is 11.8. The van der Waals surface area contributed by atoms with Gasteiger partial charge in [-0.1, -0.05) is 30.4 Å². The normalized spacial score (nSPS) is 57.9. The molecule has 2 heteroatoms. The van der Waals surface area contributed by atoms with Crippen molar-refractivity contribution in [2.24, 2.45) is 22.2 Å². The van der Waals surface area contributed by atoms with Crippen molar-refractivity contribution in [1.82, 2.24) is 0 Å². The van der Waals surface area contributed by atoms with Crippen molar-refractivity contribution < 1.29 is 9.53 Å². The third kappa shape index (κ3) is 0.441. The third-order valence-electron chi connectivity index (χ3n) is 5.80. The van der Waals surface area contributed by atoms with Crippen molar-refractivity contribution in [2.75, 3.05) is 6.61 Å². The van der Waals surface area contributed by atoms with Crippen LogP contribution in [0.25, 0.3) is 0 Å². The molecule has 3 spiro atoms. The molecule has 1 heterocycles. The number of hydrogen-bond donors (Lipinski definition) is 0. The lowest BCUT2D eigenvalue weighted by Crippen LogP contribution is -2.26. The quantitative estimate of drug-likeness (QED) is 0.574. The number of allylic oxidation sites excluding steroid dienone is 5. The monoisotopic (exact) mass is 212 g/mol. The Kier molecular flexibility index (Phi) is 0.902. The Bertz CT molecular complexity index is 511. The molecule has 3 fully saturated rings. The molecule has 0 radical (unpaired) electrons. The van der Waals surface area contributed by atoms with Crippen molar-refractivity contribution in [3.63, 3.8) is 0 Å². The van der Waals surface area contributed by atoms with Gasteiger partial charge in [0.15, 0.2) is 0 Å². The highest BCUT2D eigenvalue weighted by Crippen LogP contribution is 2.93. The molecule has 1 aliphatic heterocycles. The van der Waals surface area contributed by atoms with Gasteiger partial charge < -0.3 is 4.74 Å². The largest absolute Gasteiger partial charge is 0.461 e. The zero-order valence-electron chi connectivity index (χ0n) is 8.90. The van der Waals surface area contributed by atoms with Gasteiger partial charge in [0.25, 0.3) is 0 Å². The van der Waals surface area contributed by atoms with E-state index >= 15 is 0 Å². The number of hydrogen-bond acceptors (Lipinski definition) is 2. The van der Waals surface area contributed by atoms with E-state index in [1.54, 1.807) is 0 Å². The zero-order chi connectivity index (χ0) is 10.6. The molecule has 2 atom stereocenters. The minimum atomic E-state index is -0.0562. The van der Waals surface area contributed by atoms with E-state index in [1.807, 2.05) is 0 Å². The molecule has 6 aliphatic rings. The number of cyclic esters (lactones) is 1. The molecule has 0 aromatic carbocycles. The average Bonchev–Trinajstić information content (AvgIpc) is 2.56. The lowest BCUT2D eigenvalue weighted by Gasteiger charge is -2.28. The van der Waals surface area contributed by atoms with Crippen molar-refractivity contribution in [3.8, 4) is 0 Å². The second kappa shape index (κ2) is 1.83. The summed E-state index contributed by atoms with van der Waals surface area (Å²) in [6.45, 7) is 0.610. The smallest absolute Gasteiger partial charge is 0.334 e. The summed E-state index contributed by atoms with van der Waals surface area (Å²) < 4.78 is 5.35. The molecule has 2 nitrogen and oxygen atoms in total. The first kappa shape index (κ1) is 7.88. The number of rotatable bonds is 0. The van der Waals surface area contributed by atoms with Gasteiger partial charge in [-0.2, -0.15) is 0 Å². The summed E-state index contributed by atoms with van der Waals surface area (Å²) in [5, 5.41) is 0. The Morgan fingerprint density at radius 3 is 2.56 bits per heavy atom. The highest BCUT2D eigenvalue weighted by Gasteiger charge is 2.92. The summed E-state index contributed by atoms with van der Waals surface area (Å²) in [5.74, 6) is 0.536. The highest BCUT2D eigenvalue weighted by atomic mass is 16.5. The van der Waals surface area contributed by atoms with Crippen LogP contribution >= 0.6 is 0 Å². The van der Waals surface area contributed by atoms with Gasteiger partial charge in [-0.15, -0.1) is 0 Å². The van der Waals surface area contributed by atoms with Crippen molar-refractivity contribution in [3.05, 3.63) is 36.0 Å². The number of carbonyl (C=O) groups is 1. The number of carbonyl (C=O) groups excluding carboxylic acids is 1. The molecular formula is C14H12O2. The molecule has 0 amide bonds. The average molecular weight is 212 g/mol. The molecule has 2 saturated carbocycles. The molecule has 16 heavy (non-hydrogen) atoms. The van der Waals surface area contributed by atoms with Crippen molar-refractivity contribution >= 4 is 5.97 Å². The minimum Gasteiger partial charge on any atom is -0.461 e. The topological polar surface area (TPSA) is 26.3 Å². The van der Waals surface area contributed by atoms with E-state index < -0.39 is 0 Å². The Hall–Kier alpha value is -1.31. The maximum atomic E-state index is 11.8. The molecule has 80 valence electrons. The predicted molar refractivity (Wildman–Crippen MR) is 57.3 cm³/mol. The van der Waals surface area contributed by atoms with Crippen molar-refractivity contribution in [1.29, 1.82) is 0 Å². The standard InChI is InChI=1S/C14H12O2/c15-11-10-5-9-6-12-3-1-2-4-13(12,7-9)14(10,12)8-16-11/h1-5,9H,6-8H2. The summed E-state index contributed by atoms with van der Waals surface area (Å²) in [5.41, 5.74) is 1.48. The summed E-state index contributed by atoms with van der Waals surface area (Å²) in [6.07, 6.45) is 13.6. The lowest BCUT2D eigenvalue weighted by molar-refractivity contribution is -0.135. The van der Waals surface area contributed by atoms with Crippen LogP contribution in [0.4, 0.5) is 0 Å². The molecule has 6 rings (SSSR count). The molecule has 0 N–H and O–H groups in total. The van der Waals surface area contributed by atoms with E-state index in [0.717, 1.165) is 5.57 Å². The Morgan fingerprint density at radius 1 is 1.19 bits per heavy atom. The molecule has 5 aliphatic carbocycles. The van der Waals surface area contributed by atoms with Gasteiger partial charge in [0.05, 0.1) is 5.41 Å². The van der Waals surface area contributed by atoms with E-state index in [0.29, 0.717) is 12.5 Å². The van der Waals surface area contributed by atoms with Crippen LogP contribution in [-0.2, 0) is 9.53 Å². The van der Waals surface area contributed by atoms with Gasteiger partial charge >= 0.3 is 5.97 Å². The molecule has 2 unspecified atom stereocenters. The van der Waals surface area contributed by atoms with Crippen LogP contribution in [-0.4, -0.2) is 12.6 Å². The number of ether oxygens (including phenoxy) is 1. The van der Waals surface area contributed by atoms with E-state index in [1.165, 1.54) is 12.8 Å². The molecule has 1 saturated heterocycles. The van der Waals surface area contributed by atoms with Gasteiger partial charge in [0.1, 0.15) is 6.61 Å². The molecular weight excluding hydrogens is 200 g/mol. The van der Waals surface area contributed by atoms with Crippen LogP contribution < -0.4 is 0 Å². The minimum absolute atomic E-state index is 0.0231. The second-order valence-electron chi connectivity index (χ2n) is 5.89. The second-order valence-corrected chi connectivity index (χ2v) is 5.89. The van der Waals surface area contributed by atoms with Crippen LogP contribution in [0.15, 0.2) is 36.0 Å². The van der Waals surface area contributed by atoms with E-state index in [2.05, 4.69) is 30.4 Å². The Balaban J connectivity index is 1.89. The summed E-state index contributed by atoms with van der Waals surface area (Å²) in [7, 11) is 0. The lowest BCUT2D eigenvalue weighted by atomic mass is 9.72. The van der Waals surface area contributed by atoms with Crippen molar-refractivity contribution in [2.45, 2.75) is 12.8 Å². The fourth-order valence-corrected chi connectivity index (χ4v) is 5.41. The van der Waals surface area contributed by atoms with Crippen LogP contribution in [0.5, 0.6) is 0 Å². The van der Waals surface area contributed by atoms with Gasteiger partial charge in [-0.3, -0.25) is 0 Å². The SMILES string of the molecule is O=C1OCC23C1=CC1CC24C=CC=CC43C1. The van der Waals surface area contributed by atoms with Gasteiger partial charge in [-0.25, -0.2) is 4.79 Å². The van der Waals surface area contributed by atoms with E-state index in [-0.39, 0.29) is 22.2 Å². The van der Waals surface area contributed by atoms with E-state index in [4.69, 9.17) is 4.74 Å². The Morgan fingerprint density at radius 2 is 1.88 bits per heavy atom. The van der Waals surface area contributed by atoms with Gasteiger partial charge in [0.2, 0.25) is 0 Å². The van der Waals surface area contributed by atoms with Gasteiger partial charge in [-0.05, 0) is 18.8 Å². The van der Waals surface area contributed by atoms with Crippen LogP contribution in [0.3, 0.4) is 0 Å². The highest BCUT2D eigenvalue weighted by molar-refractivity contribution is 5.96. The fourth-order valence-electron chi connectivity index (χ4n) is 5.41. The molecule has 0 aromatic heterocycles. The summed E-state index contributed by atoms with van der Waals surface area (Å²) in [6, 6.07) is 0.